The van der Waals surface area contributed by atoms with Crippen LogP contribution >= 0.6 is 0 Å². The van der Waals surface area contributed by atoms with E-state index >= 15 is 0 Å². The summed E-state index contributed by atoms with van der Waals surface area (Å²) in [5.74, 6) is 0.948. The van der Waals surface area contributed by atoms with E-state index in [4.69, 9.17) is 4.74 Å². The first-order valence-corrected chi connectivity index (χ1v) is 7.39. The van der Waals surface area contributed by atoms with E-state index in [2.05, 4.69) is 18.3 Å². The Labute approximate surface area is 124 Å². The number of Topliss-reactive ketones (excluding diaryl/α,β-unsaturated/α-hetero) is 1. The molecular weight excluding hydrogens is 262 g/mol. The first-order chi connectivity index (χ1) is 10.3. The molecule has 1 unspecified atom stereocenters. The number of benzene rings is 2. The molecule has 2 aromatic rings. The molecule has 21 heavy (non-hydrogen) atoms. The molecule has 108 valence electrons. The zero-order valence-electron chi connectivity index (χ0n) is 12.1. The van der Waals surface area contributed by atoms with Crippen molar-refractivity contribution in [3.05, 3.63) is 59.7 Å². The summed E-state index contributed by atoms with van der Waals surface area (Å²) in [7, 11) is 0. The SMILES string of the molecule is CCCOc1ccc(C(=O)C2Cc3ccccc3N2)cc1. The fourth-order valence-corrected chi connectivity index (χ4v) is 2.59. The van der Waals surface area contributed by atoms with Crippen molar-refractivity contribution in [1.82, 2.24) is 0 Å². The third kappa shape index (κ3) is 2.92. The first kappa shape index (κ1) is 13.7. The van der Waals surface area contributed by atoms with Crippen LogP contribution in [0.4, 0.5) is 5.69 Å². The van der Waals surface area contributed by atoms with Crippen molar-refractivity contribution in [1.29, 1.82) is 0 Å². The molecule has 1 aliphatic rings. The average Bonchev–Trinajstić information content (AvgIpc) is 2.96. The van der Waals surface area contributed by atoms with Gasteiger partial charge in [0.15, 0.2) is 5.78 Å². The zero-order valence-corrected chi connectivity index (χ0v) is 12.1. The van der Waals surface area contributed by atoms with Crippen molar-refractivity contribution in [3.8, 4) is 5.75 Å². The molecular formula is C18H19NO2. The summed E-state index contributed by atoms with van der Waals surface area (Å²) in [6.07, 6.45) is 1.73. The lowest BCUT2D eigenvalue weighted by Gasteiger charge is -2.11. The highest BCUT2D eigenvalue weighted by molar-refractivity contribution is 6.02. The minimum absolute atomic E-state index is 0.133. The van der Waals surface area contributed by atoms with Gasteiger partial charge in [0, 0.05) is 17.7 Å². The number of ketones is 1. The van der Waals surface area contributed by atoms with Gasteiger partial charge in [-0.2, -0.15) is 0 Å². The van der Waals surface area contributed by atoms with E-state index in [0.29, 0.717) is 6.61 Å². The molecule has 1 N–H and O–H groups in total. The molecule has 3 nitrogen and oxygen atoms in total. The van der Waals surface area contributed by atoms with Crippen LogP contribution in [-0.4, -0.2) is 18.4 Å². The van der Waals surface area contributed by atoms with Crippen molar-refractivity contribution >= 4 is 11.5 Å². The Morgan fingerprint density at radius 2 is 1.95 bits per heavy atom. The molecule has 3 heteroatoms. The average molecular weight is 281 g/mol. The molecule has 1 heterocycles. The van der Waals surface area contributed by atoms with E-state index in [1.54, 1.807) is 0 Å². The molecule has 0 radical (unpaired) electrons. The number of carbonyl (C=O) groups is 1. The second kappa shape index (κ2) is 6.00. The van der Waals surface area contributed by atoms with Gasteiger partial charge in [-0.1, -0.05) is 25.1 Å². The minimum atomic E-state index is -0.162. The standard InChI is InChI=1S/C18H19NO2/c1-2-11-21-15-9-7-13(8-10-15)18(20)17-12-14-5-3-4-6-16(14)19-17/h3-10,17,19H,2,11-12H2,1H3. The molecule has 0 spiro atoms. The first-order valence-electron chi connectivity index (χ1n) is 7.39. The maximum absolute atomic E-state index is 12.5. The molecule has 0 fully saturated rings. The number of fused-ring (bicyclic) bond motifs is 1. The lowest BCUT2D eigenvalue weighted by molar-refractivity contribution is 0.0971. The summed E-state index contributed by atoms with van der Waals surface area (Å²) in [6, 6.07) is 15.3. The van der Waals surface area contributed by atoms with Gasteiger partial charge in [0.2, 0.25) is 0 Å². The third-order valence-corrected chi connectivity index (χ3v) is 3.70. The quantitative estimate of drug-likeness (QED) is 0.849. The molecule has 0 aromatic heterocycles. The molecule has 0 amide bonds. The Balaban J connectivity index is 1.69. The van der Waals surface area contributed by atoms with Crippen LogP contribution in [0.5, 0.6) is 5.75 Å². The minimum Gasteiger partial charge on any atom is -0.494 e. The van der Waals surface area contributed by atoms with Crippen molar-refractivity contribution in [3.63, 3.8) is 0 Å². The van der Waals surface area contributed by atoms with Crippen molar-refractivity contribution < 1.29 is 9.53 Å². The maximum atomic E-state index is 12.5. The summed E-state index contributed by atoms with van der Waals surface area (Å²) in [5.41, 5.74) is 3.00. The molecule has 0 bridgehead atoms. The van der Waals surface area contributed by atoms with E-state index in [0.717, 1.165) is 29.8 Å². The highest BCUT2D eigenvalue weighted by Crippen LogP contribution is 2.27. The van der Waals surface area contributed by atoms with Gasteiger partial charge in [0.05, 0.1) is 12.6 Å². The van der Waals surface area contributed by atoms with Crippen LogP contribution < -0.4 is 10.1 Å². The van der Waals surface area contributed by atoms with Crippen molar-refractivity contribution in [2.24, 2.45) is 0 Å². The molecule has 1 atom stereocenters. The summed E-state index contributed by atoms with van der Waals surface area (Å²) in [4.78, 5) is 12.5. The number of carbonyl (C=O) groups excluding carboxylic acids is 1. The van der Waals surface area contributed by atoms with Gasteiger partial charge in [-0.15, -0.1) is 0 Å². The van der Waals surface area contributed by atoms with Gasteiger partial charge in [0.1, 0.15) is 5.75 Å². The number of ether oxygens (including phenoxy) is 1. The van der Waals surface area contributed by atoms with Crippen LogP contribution in [0.25, 0.3) is 0 Å². The number of rotatable bonds is 5. The largest absolute Gasteiger partial charge is 0.494 e. The smallest absolute Gasteiger partial charge is 0.185 e. The summed E-state index contributed by atoms with van der Waals surface area (Å²) in [5, 5.41) is 3.30. The van der Waals surface area contributed by atoms with Gasteiger partial charge in [-0.25, -0.2) is 0 Å². The zero-order chi connectivity index (χ0) is 14.7. The van der Waals surface area contributed by atoms with Crippen LogP contribution in [0.1, 0.15) is 29.3 Å². The number of nitrogens with one attached hydrogen (secondary N) is 1. The second-order valence-electron chi connectivity index (χ2n) is 5.30. The Morgan fingerprint density at radius 1 is 1.19 bits per heavy atom. The van der Waals surface area contributed by atoms with E-state index in [-0.39, 0.29) is 11.8 Å². The predicted molar refractivity (Wildman–Crippen MR) is 84.1 cm³/mol. The lowest BCUT2D eigenvalue weighted by atomic mass is 10.0. The van der Waals surface area contributed by atoms with Crippen LogP contribution in [0.15, 0.2) is 48.5 Å². The highest BCUT2D eigenvalue weighted by Gasteiger charge is 2.26. The monoisotopic (exact) mass is 281 g/mol. The molecule has 2 aromatic carbocycles. The predicted octanol–water partition coefficient (Wildman–Crippen LogP) is 3.69. The number of hydrogen-bond donors (Lipinski definition) is 1. The molecule has 0 aliphatic carbocycles. The van der Waals surface area contributed by atoms with Gasteiger partial charge >= 0.3 is 0 Å². The van der Waals surface area contributed by atoms with Crippen LogP contribution in [0.2, 0.25) is 0 Å². The molecule has 0 saturated heterocycles. The highest BCUT2D eigenvalue weighted by atomic mass is 16.5. The Morgan fingerprint density at radius 3 is 2.67 bits per heavy atom. The normalized spacial score (nSPS) is 16.1. The molecule has 1 aliphatic heterocycles. The van der Waals surface area contributed by atoms with Gasteiger partial charge in [-0.05, 0) is 42.3 Å². The Kier molecular flexibility index (Phi) is 3.91. The topological polar surface area (TPSA) is 38.3 Å². The Hall–Kier alpha value is -2.29. The van der Waals surface area contributed by atoms with E-state index in [1.165, 1.54) is 5.56 Å². The van der Waals surface area contributed by atoms with Crippen LogP contribution in [0.3, 0.4) is 0 Å². The van der Waals surface area contributed by atoms with Gasteiger partial charge in [0.25, 0.3) is 0 Å². The van der Waals surface area contributed by atoms with E-state index in [1.807, 2.05) is 42.5 Å². The Bertz CT molecular complexity index is 609. The molecule has 3 rings (SSSR count). The van der Waals surface area contributed by atoms with Crippen LogP contribution in [-0.2, 0) is 6.42 Å². The molecule has 0 saturated carbocycles. The summed E-state index contributed by atoms with van der Waals surface area (Å²) >= 11 is 0. The second-order valence-corrected chi connectivity index (χ2v) is 5.30. The number of para-hydroxylation sites is 1. The van der Waals surface area contributed by atoms with Gasteiger partial charge < -0.3 is 10.1 Å². The van der Waals surface area contributed by atoms with Crippen LogP contribution in [0, 0.1) is 0 Å². The maximum Gasteiger partial charge on any atom is 0.185 e. The number of hydrogen-bond acceptors (Lipinski definition) is 3. The van der Waals surface area contributed by atoms with Crippen molar-refractivity contribution in [2.75, 3.05) is 11.9 Å². The summed E-state index contributed by atoms with van der Waals surface area (Å²) < 4.78 is 5.54. The van der Waals surface area contributed by atoms with Gasteiger partial charge in [-0.3, -0.25) is 4.79 Å². The fraction of sp³-hybridized carbons (Fsp3) is 0.278. The van der Waals surface area contributed by atoms with Crippen molar-refractivity contribution in [2.45, 2.75) is 25.8 Å². The third-order valence-electron chi connectivity index (χ3n) is 3.70. The lowest BCUT2D eigenvalue weighted by Crippen LogP contribution is -2.26. The summed E-state index contributed by atoms with van der Waals surface area (Å²) in [6.45, 7) is 2.77. The number of anilines is 1. The fourth-order valence-electron chi connectivity index (χ4n) is 2.59. The van der Waals surface area contributed by atoms with E-state index in [9.17, 15) is 4.79 Å². The van der Waals surface area contributed by atoms with E-state index < -0.39 is 0 Å².